The van der Waals surface area contributed by atoms with Gasteiger partial charge in [-0.05, 0) is 81.5 Å². The van der Waals surface area contributed by atoms with E-state index >= 15 is 0 Å². The third kappa shape index (κ3) is 4.31. The van der Waals surface area contributed by atoms with Crippen LogP contribution in [0.1, 0.15) is 57.4 Å². The first-order valence-corrected chi connectivity index (χ1v) is 14.1. The number of nitrogen functional groups attached to an aromatic ring is 1. The quantitative estimate of drug-likeness (QED) is 0.419. The topological polar surface area (TPSA) is 116 Å². The van der Waals surface area contributed by atoms with Crippen molar-refractivity contribution in [3.8, 4) is 16.9 Å². The van der Waals surface area contributed by atoms with E-state index < -0.39 is 0 Å². The van der Waals surface area contributed by atoms with E-state index in [1.165, 1.54) is 6.33 Å². The van der Waals surface area contributed by atoms with Crippen LogP contribution in [0.2, 0.25) is 0 Å². The van der Waals surface area contributed by atoms with E-state index in [0.717, 1.165) is 92.4 Å². The van der Waals surface area contributed by atoms with Gasteiger partial charge in [0, 0.05) is 24.3 Å². The van der Waals surface area contributed by atoms with E-state index in [0.29, 0.717) is 30.5 Å². The zero-order chi connectivity index (χ0) is 25.7. The maximum absolute atomic E-state index is 12.4. The first kappa shape index (κ1) is 23.9. The molecule has 200 valence electrons. The predicted octanol–water partition coefficient (Wildman–Crippen LogP) is 3.59. The van der Waals surface area contributed by atoms with Gasteiger partial charge in [0.25, 0.3) is 0 Å². The standard InChI is InChI=1S/C29H36N6O3/c30-26-25-23(19-3-1-4-22(13-19)37-16-29-8-6-21(38-29)7-9-29)15-35(27(25)34-17-33-26)20-11-18(12-20)14-32-28(36)24-5-2-10-31-24/h1,3-4,13,15,17-18,20-21,24,31H,2,5-12,14,16H2,(H,32,36)(H2,30,33,34). The summed E-state index contributed by atoms with van der Waals surface area (Å²) < 4.78 is 14.7. The summed E-state index contributed by atoms with van der Waals surface area (Å²) >= 11 is 0. The van der Waals surface area contributed by atoms with Crippen LogP contribution in [0.4, 0.5) is 5.82 Å². The number of rotatable bonds is 8. The van der Waals surface area contributed by atoms with Gasteiger partial charge < -0.3 is 30.4 Å². The van der Waals surface area contributed by atoms with Crippen molar-refractivity contribution in [3.05, 3.63) is 36.8 Å². The fraction of sp³-hybridized carbons (Fsp3) is 0.552. The number of carbonyl (C=O) groups is 1. The van der Waals surface area contributed by atoms with Gasteiger partial charge in [-0.1, -0.05) is 12.1 Å². The van der Waals surface area contributed by atoms with Gasteiger partial charge in [-0.3, -0.25) is 4.79 Å². The van der Waals surface area contributed by atoms with E-state index in [1.807, 2.05) is 12.1 Å². The molecule has 1 aromatic carbocycles. The second kappa shape index (κ2) is 9.54. The van der Waals surface area contributed by atoms with Crippen molar-refractivity contribution in [1.29, 1.82) is 0 Å². The Balaban J connectivity index is 1.07. The number of benzene rings is 1. The number of anilines is 1. The molecule has 5 heterocycles. The van der Waals surface area contributed by atoms with Crippen molar-refractivity contribution in [2.75, 3.05) is 25.4 Å². The van der Waals surface area contributed by atoms with Crippen LogP contribution in [-0.4, -0.2) is 57.9 Å². The molecule has 9 heteroatoms. The SMILES string of the molecule is Nc1ncnc2c1c(-c1cccc(OCC34CCC(CC3)O4)c1)cn2C1CC(CNC(=O)C2CCCN2)C1. The minimum atomic E-state index is -0.108. The summed E-state index contributed by atoms with van der Waals surface area (Å²) in [6.07, 6.45) is 12.6. The fourth-order valence-corrected chi connectivity index (χ4v) is 6.83. The maximum Gasteiger partial charge on any atom is 0.237 e. The lowest BCUT2D eigenvalue weighted by molar-refractivity contribution is -0.123. The Morgan fingerprint density at radius 2 is 2.11 bits per heavy atom. The molecule has 1 atom stereocenters. The number of carbonyl (C=O) groups excluding carboxylic acids is 1. The Bertz CT molecular complexity index is 1340. The molecule has 38 heavy (non-hydrogen) atoms. The van der Waals surface area contributed by atoms with Gasteiger partial charge in [-0.2, -0.15) is 0 Å². The Morgan fingerprint density at radius 3 is 2.87 bits per heavy atom. The zero-order valence-corrected chi connectivity index (χ0v) is 21.7. The lowest BCUT2D eigenvalue weighted by atomic mass is 9.80. The Kier molecular flexibility index (Phi) is 6.00. The smallest absolute Gasteiger partial charge is 0.237 e. The first-order chi connectivity index (χ1) is 18.6. The van der Waals surface area contributed by atoms with Gasteiger partial charge >= 0.3 is 0 Å². The van der Waals surface area contributed by atoms with Crippen LogP contribution < -0.4 is 21.1 Å². The van der Waals surface area contributed by atoms with Gasteiger partial charge in [0.15, 0.2) is 0 Å². The molecule has 0 spiro atoms. The van der Waals surface area contributed by atoms with Crippen LogP contribution in [0.3, 0.4) is 0 Å². The zero-order valence-electron chi connectivity index (χ0n) is 21.7. The number of ether oxygens (including phenoxy) is 2. The number of nitrogens with zero attached hydrogens (tertiary/aromatic N) is 3. The van der Waals surface area contributed by atoms with E-state index in [9.17, 15) is 4.79 Å². The fourth-order valence-electron chi connectivity index (χ4n) is 6.83. The second-order valence-electron chi connectivity index (χ2n) is 11.6. The molecule has 7 rings (SSSR count). The molecular weight excluding hydrogens is 480 g/mol. The molecule has 1 saturated carbocycles. The van der Waals surface area contributed by atoms with E-state index in [2.05, 4.69) is 43.5 Å². The number of aromatic nitrogens is 3. The van der Waals surface area contributed by atoms with Crippen molar-refractivity contribution >= 4 is 22.8 Å². The maximum atomic E-state index is 12.4. The molecule has 1 unspecified atom stereocenters. The number of hydrogen-bond donors (Lipinski definition) is 3. The highest BCUT2D eigenvalue weighted by molar-refractivity contribution is 6.00. The molecular formula is C29H36N6O3. The molecule has 4 N–H and O–H groups in total. The highest BCUT2D eigenvalue weighted by Crippen LogP contribution is 2.45. The van der Waals surface area contributed by atoms with Gasteiger partial charge in [0.05, 0.1) is 17.5 Å². The third-order valence-electron chi connectivity index (χ3n) is 9.09. The average Bonchev–Trinajstić information content (AvgIpc) is 3.71. The number of nitrogens with one attached hydrogen (secondary N) is 2. The highest BCUT2D eigenvalue weighted by Gasteiger charge is 2.46. The third-order valence-corrected chi connectivity index (χ3v) is 9.09. The Hall–Kier alpha value is -3.17. The molecule has 4 aliphatic rings. The molecule has 0 radical (unpaired) electrons. The predicted molar refractivity (Wildman–Crippen MR) is 145 cm³/mol. The summed E-state index contributed by atoms with van der Waals surface area (Å²) in [6.45, 7) is 2.25. The van der Waals surface area contributed by atoms with Crippen molar-refractivity contribution < 1.29 is 14.3 Å². The van der Waals surface area contributed by atoms with Crippen molar-refractivity contribution in [3.63, 3.8) is 0 Å². The van der Waals surface area contributed by atoms with Crippen LogP contribution in [0.5, 0.6) is 5.75 Å². The van der Waals surface area contributed by atoms with Crippen LogP contribution in [0, 0.1) is 5.92 Å². The molecule has 4 fully saturated rings. The number of nitrogens with two attached hydrogens (primary N) is 1. The number of hydrogen-bond acceptors (Lipinski definition) is 7. The number of fused-ring (bicyclic) bond motifs is 3. The van der Waals surface area contributed by atoms with Gasteiger partial charge in [-0.15, -0.1) is 0 Å². The minimum absolute atomic E-state index is 0.0262. The van der Waals surface area contributed by atoms with E-state index in [1.54, 1.807) is 0 Å². The first-order valence-electron chi connectivity index (χ1n) is 14.1. The highest BCUT2D eigenvalue weighted by atomic mass is 16.6. The van der Waals surface area contributed by atoms with Gasteiger partial charge in [-0.25, -0.2) is 9.97 Å². The molecule has 3 aliphatic heterocycles. The minimum Gasteiger partial charge on any atom is -0.491 e. The van der Waals surface area contributed by atoms with Crippen LogP contribution in [0.15, 0.2) is 36.8 Å². The van der Waals surface area contributed by atoms with Crippen molar-refractivity contribution in [2.24, 2.45) is 5.92 Å². The summed E-state index contributed by atoms with van der Waals surface area (Å²) in [5, 5.41) is 7.29. The van der Waals surface area contributed by atoms with E-state index in [4.69, 9.17) is 15.2 Å². The summed E-state index contributed by atoms with van der Waals surface area (Å²) in [6, 6.07) is 8.50. The molecule has 3 aromatic rings. The van der Waals surface area contributed by atoms with Crippen molar-refractivity contribution in [1.82, 2.24) is 25.2 Å². The molecule has 3 saturated heterocycles. The summed E-state index contributed by atoms with van der Waals surface area (Å²) in [5.74, 6) is 1.92. The molecule has 9 nitrogen and oxygen atoms in total. The van der Waals surface area contributed by atoms with Crippen LogP contribution in [0.25, 0.3) is 22.2 Å². The summed E-state index contributed by atoms with van der Waals surface area (Å²) in [5.41, 5.74) is 9.19. The van der Waals surface area contributed by atoms with Crippen molar-refractivity contribution in [2.45, 2.75) is 75.2 Å². The van der Waals surface area contributed by atoms with Gasteiger partial charge in [0.2, 0.25) is 5.91 Å². The lowest BCUT2D eigenvalue weighted by Gasteiger charge is -2.36. The average molecular weight is 517 g/mol. The van der Waals surface area contributed by atoms with E-state index in [-0.39, 0.29) is 17.6 Å². The molecule has 1 aliphatic carbocycles. The second-order valence-corrected chi connectivity index (χ2v) is 11.6. The van der Waals surface area contributed by atoms with Crippen LogP contribution in [-0.2, 0) is 9.53 Å². The Morgan fingerprint density at radius 1 is 1.24 bits per heavy atom. The lowest BCUT2D eigenvalue weighted by Crippen LogP contribution is -2.44. The summed E-state index contributed by atoms with van der Waals surface area (Å²) in [4.78, 5) is 21.3. The van der Waals surface area contributed by atoms with Gasteiger partial charge in [0.1, 0.15) is 35.7 Å². The van der Waals surface area contributed by atoms with Crippen LogP contribution >= 0.6 is 0 Å². The number of amides is 1. The molecule has 2 bridgehead atoms. The largest absolute Gasteiger partial charge is 0.491 e. The normalized spacial score (nSPS) is 30.0. The Labute approximate surface area is 222 Å². The molecule has 2 aromatic heterocycles. The summed E-state index contributed by atoms with van der Waals surface area (Å²) in [7, 11) is 0. The monoisotopic (exact) mass is 516 g/mol. The molecule has 1 amide bonds.